The van der Waals surface area contributed by atoms with E-state index < -0.39 is 23.4 Å². The summed E-state index contributed by atoms with van der Waals surface area (Å²) in [5.74, 6) is 0.346. The number of anilines is 1. The first kappa shape index (κ1) is 19.8. The molecule has 2 aromatic rings. The van der Waals surface area contributed by atoms with Gasteiger partial charge < -0.3 is 15.3 Å². The minimum Gasteiger partial charge on any atom is -0.385 e. The van der Waals surface area contributed by atoms with Crippen LogP contribution in [0.4, 0.5) is 23.7 Å². The van der Waals surface area contributed by atoms with Crippen molar-refractivity contribution >= 4 is 11.7 Å². The number of hydrogen-bond donors (Lipinski definition) is 2. The Kier molecular flexibility index (Phi) is 4.81. The second-order valence-corrected chi connectivity index (χ2v) is 8.19. The van der Waals surface area contributed by atoms with Gasteiger partial charge in [-0.25, -0.2) is 4.79 Å². The molecule has 2 amide bonds. The first-order chi connectivity index (χ1) is 13.7. The zero-order valence-electron chi connectivity index (χ0n) is 16.0. The van der Waals surface area contributed by atoms with Crippen LogP contribution in [0.25, 0.3) is 0 Å². The first-order valence-electron chi connectivity index (χ1n) is 9.67. The second-order valence-electron chi connectivity index (χ2n) is 8.19. The molecule has 4 rings (SSSR count). The molecule has 2 aliphatic rings. The molecule has 2 aromatic carbocycles. The van der Waals surface area contributed by atoms with E-state index in [1.54, 1.807) is 4.90 Å². The maximum absolute atomic E-state index is 12.9. The van der Waals surface area contributed by atoms with E-state index in [-0.39, 0.29) is 17.5 Å². The highest BCUT2D eigenvalue weighted by atomic mass is 19.4. The van der Waals surface area contributed by atoms with Gasteiger partial charge in [-0.15, -0.1) is 0 Å². The number of carbonyl (C=O) groups excluding carboxylic acids is 1. The van der Waals surface area contributed by atoms with Gasteiger partial charge in [0.05, 0.1) is 11.2 Å². The van der Waals surface area contributed by atoms with Crippen LogP contribution in [0.2, 0.25) is 0 Å². The fourth-order valence-electron chi connectivity index (χ4n) is 4.81. The monoisotopic (exact) mass is 404 g/mol. The van der Waals surface area contributed by atoms with Gasteiger partial charge in [0.25, 0.3) is 0 Å². The summed E-state index contributed by atoms with van der Waals surface area (Å²) in [4.78, 5) is 14.2. The Labute approximate surface area is 167 Å². The lowest BCUT2D eigenvalue weighted by atomic mass is 9.87. The van der Waals surface area contributed by atoms with Gasteiger partial charge in [-0.05, 0) is 60.9 Å². The maximum Gasteiger partial charge on any atom is 0.416 e. The van der Waals surface area contributed by atoms with E-state index in [0.29, 0.717) is 25.9 Å². The van der Waals surface area contributed by atoms with Crippen LogP contribution in [0.15, 0.2) is 48.5 Å². The van der Waals surface area contributed by atoms with Crippen LogP contribution in [0.5, 0.6) is 0 Å². The van der Waals surface area contributed by atoms with Crippen molar-refractivity contribution in [3.05, 3.63) is 65.2 Å². The van der Waals surface area contributed by atoms with Crippen molar-refractivity contribution in [2.45, 2.75) is 31.5 Å². The van der Waals surface area contributed by atoms with Crippen molar-refractivity contribution in [3.63, 3.8) is 0 Å². The van der Waals surface area contributed by atoms with Crippen molar-refractivity contribution in [1.82, 2.24) is 4.90 Å². The molecule has 154 valence electrons. The van der Waals surface area contributed by atoms with Crippen LogP contribution in [-0.4, -0.2) is 29.1 Å². The summed E-state index contributed by atoms with van der Waals surface area (Å²) in [7, 11) is 0. The maximum atomic E-state index is 12.9. The lowest BCUT2D eigenvalue weighted by Crippen LogP contribution is -2.35. The molecule has 2 fully saturated rings. The molecule has 1 unspecified atom stereocenters. The van der Waals surface area contributed by atoms with E-state index in [1.165, 1.54) is 12.1 Å². The molecular formula is C22H23F3N2O2. The number of amides is 2. The number of aryl methyl sites for hydroxylation is 1. The molecule has 0 spiro atoms. The zero-order chi connectivity index (χ0) is 20.8. The third-order valence-corrected chi connectivity index (χ3v) is 6.15. The number of nitrogens with one attached hydrogen (secondary N) is 1. The Morgan fingerprint density at radius 3 is 2.38 bits per heavy atom. The molecule has 0 aromatic heterocycles. The SMILES string of the molecule is Cc1ccccc1C1(O)C[C@H]2CN(C(=O)Nc3cccc(C(F)(F)F)c3)C[C@H]2C1. The number of likely N-dealkylation sites (tertiary alicyclic amines) is 1. The minimum absolute atomic E-state index is 0.123. The smallest absolute Gasteiger partial charge is 0.385 e. The summed E-state index contributed by atoms with van der Waals surface area (Å²) in [6, 6.07) is 12.0. The largest absolute Gasteiger partial charge is 0.416 e. The zero-order valence-corrected chi connectivity index (χ0v) is 16.0. The van der Waals surface area contributed by atoms with Crippen LogP contribution >= 0.6 is 0 Å². The molecule has 0 radical (unpaired) electrons. The highest BCUT2D eigenvalue weighted by Crippen LogP contribution is 2.49. The number of hydrogen-bond acceptors (Lipinski definition) is 2. The van der Waals surface area contributed by atoms with Crippen LogP contribution in [-0.2, 0) is 11.8 Å². The molecule has 3 atom stereocenters. The summed E-state index contributed by atoms with van der Waals surface area (Å²) in [6.45, 7) is 2.96. The molecule has 7 heteroatoms. The third-order valence-electron chi connectivity index (χ3n) is 6.15. The van der Waals surface area contributed by atoms with Gasteiger partial charge in [0.1, 0.15) is 0 Å². The number of benzene rings is 2. The van der Waals surface area contributed by atoms with Crippen molar-refractivity contribution in [2.75, 3.05) is 18.4 Å². The van der Waals surface area contributed by atoms with E-state index >= 15 is 0 Å². The van der Waals surface area contributed by atoms with Gasteiger partial charge in [-0.1, -0.05) is 30.3 Å². The average Bonchev–Trinajstić information content (AvgIpc) is 3.17. The number of rotatable bonds is 2. The number of aliphatic hydroxyl groups is 1. The van der Waals surface area contributed by atoms with Crippen molar-refractivity contribution < 1.29 is 23.1 Å². The number of nitrogens with zero attached hydrogens (tertiary/aromatic N) is 1. The van der Waals surface area contributed by atoms with Crippen LogP contribution < -0.4 is 5.32 Å². The molecule has 1 heterocycles. The number of halogens is 3. The average molecular weight is 404 g/mol. The Bertz CT molecular complexity index is 914. The Hall–Kier alpha value is -2.54. The molecule has 0 bridgehead atoms. The van der Waals surface area contributed by atoms with Gasteiger partial charge in [-0.2, -0.15) is 13.2 Å². The van der Waals surface area contributed by atoms with E-state index in [0.717, 1.165) is 23.3 Å². The van der Waals surface area contributed by atoms with E-state index in [9.17, 15) is 23.1 Å². The quantitative estimate of drug-likeness (QED) is 0.757. The molecule has 4 nitrogen and oxygen atoms in total. The molecule has 1 saturated heterocycles. The minimum atomic E-state index is -4.45. The molecule has 1 aliphatic carbocycles. The van der Waals surface area contributed by atoms with Gasteiger partial charge in [0.2, 0.25) is 0 Å². The van der Waals surface area contributed by atoms with E-state index in [1.807, 2.05) is 31.2 Å². The van der Waals surface area contributed by atoms with E-state index in [4.69, 9.17) is 0 Å². The summed E-state index contributed by atoms with van der Waals surface area (Å²) in [5.41, 5.74) is 0.434. The van der Waals surface area contributed by atoms with Crippen molar-refractivity contribution in [2.24, 2.45) is 11.8 Å². The molecule has 1 saturated carbocycles. The molecule has 29 heavy (non-hydrogen) atoms. The number of alkyl halides is 3. The Morgan fingerprint density at radius 1 is 1.10 bits per heavy atom. The number of urea groups is 1. The number of carbonyl (C=O) groups is 1. The summed E-state index contributed by atoms with van der Waals surface area (Å²) < 4.78 is 38.6. The predicted molar refractivity (Wildman–Crippen MR) is 103 cm³/mol. The summed E-state index contributed by atoms with van der Waals surface area (Å²) in [6.07, 6.45) is -3.29. The van der Waals surface area contributed by atoms with Crippen molar-refractivity contribution in [3.8, 4) is 0 Å². The third kappa shape index (κ3) is 3.83. The van der Waals surface area contributed by atoms with E-state index in [2.05, 4.69) is 5.32 Å². The normalized spacial score (nSPS) is 26.4. The molecule has 1 aliphatic heterocycles. The van der Waals surface area contributed by atoms with Crippen LogP contribution in [0, 0.1) is 18.8 Å². The van der Waals surface area contributed by atoms with Gasteiger partial charge in [0, 0.05) is 18.8 Å². The Morgan fingerprint density at radius 2 is 1.76 bits per heavy atom. The molecular weight excluding hydrogens is 381 g/mol. The topological polar surface area (TPSA) is 52.6 Å². The Balaban J connectivity index is 1.41. The van der Waals surface area contributed by atoms with Gasteiger partial charge >= 0.3 is 12.2 Å². The summed E-state index contributed by atoms with van der Waals surface area (Å²) in [5, 5.41) is 13.8. The van der Waals surface area contributed by atoms with Crippen LogP contribution in [0.1, 0.15) is 29.5 Å². The lowest BCUT2D eigenvalue weighted by Gasteiger charge is -2.28. The number of fused-ring (bicyclic) bond motifs is 1. The van der Waals surface area contributed by atoms with Gasteiger partial charge in [-0.3, -0.25) is 0 Å². The van der Waals surface area contributed by atoms with Gasteiger partial charge in [0.15, 0.2) is 0 Å². The lowest BCUT2D eigenvalue weighted by molar-refractivity contribution is -0.137. The van der Waals surface area contributed by atoms with Crippen molar-refractivity contribution in [1.29, 1.82) is 0 Å². The second kappa shape index (κ2) is 7.06. The fraction of sp³-hybridized carbons (Fsp3) is 0.409. The highest BCUT2D eigenvalue weighted by Gasteiger charge is 2.50. The fourth-order valence-corrected chi connectivity index (χ4v) is 4.81. The summed E-state index contributed by atoms with van der Waals surface area (Å²) >= 11 is 0. The standard InChI is InChI=1S/C22H23F3N2O2/c1-14-5-2-3-8-19(14)21(29)10-15-12-27(13-16(15)11-21)20(28)26-18-7-4-6-17(9-18)22(23,24)25/h2-9,15-16,29H,10-13H2,1H3,(H,26,28)/t15-,16+,21?. The highest BCUT2D eigenvalue weighted by molar-refractivity contribution is 5.89. The first-order valence-corrected chi connectivity index (χ1v) is 9.67. The molecule has 2 N–H and O–H groups in total. The predicted octanol–water partition coefficient (Wildman–Crippen LogP) is 4.78. The van der Waals surface area contributed by atoms with Crippen LogP contribution in [0.3, 0.4) is 0 Å².